The zero-order valence-corrected chi connectivity index (χ0v) is 18.5. The molecule has 4 atom stereocenters. The van der Waals surface area contributed by atoms with Gasteiger partial charge in [0.05, 0.1) is 12.0 Å². The molecule has 0 saturated heterocycles. The summed E-state index contributed by atoms with van der Waals surface area (Å²) < 4.78 is 6.07. The molecule has 164 valence electrons. The summed E-state index contributed by atoms with van der Waals surface area (Å²) >= 11 is 0. The predicted octanol–water partition coefficient (Wildman–Crippen LogP) is 4.17. The van der Waals surface area contributed by atoms with Gasteiger partial charge in [-0.25, -0.2) is 0 Å². The molecule has 1 aromatic carbocycles. The second-order valence-corrected chi connectivity index (χ2v) is 10.9. The van der Waals surface area contributed by atoms with Crippen molar-refractivity contribution < 1.29 is 9.53 Å². The second kappa shape index (κ2) is 7.63. The van der Waals surface area contributed by atoms with Gasteiger partial charge in [-0.1, -0.05) is 30.3 Å². The molecule has 1 aromatic rings. The van der Waals surface area contributed by atoms with E-state index >= 15 is 0 Å². The third-order valence-electron chi connectivity index (χ3n) is 9.25. The monoisotopic (exact) mass is 410 g/mol. The summed E-state index contributed by atoms with van der Waals surface area (Å²) in [6.07, 6.45) is 10.0. The maximum atomic E-state index is 14.0. The molecule has 0 aromatic heterocycles. The average Bonchev–Trinajstić information content (AvgIpc) is 3.12. The largest absolute Gasteiger partial charge is 0.381 e. The zero-order chi connectivity index (χ0) is 20.8. The highest BCUT2D eigenvalue weighted by Crippen LogP contribution is 2.76. The van der Waals surface area contributed by atoms with Crippen LogP contribution in [0.1, 0.15) is 70.3 Å². The van der Waals surface area contributed by atoms with Crippen LogP contribution in [-0.4, -0.2) is 31.7 Å². The first-order chi connectivity index (χ1) is 14.5. The molecule has 0 aliphatic heterocycles. The van der Waals surface area contributed by atoms with Crippen LogP contribution in [0.3, 0.4) is 0 Å². The van der Waals surface area contributed by atoms with Gasteiger partial charge in [0.15, 0.2) is 0 Å². The molecule has 2 unspecified atom stereocenters. The minimum absolute atomic E-state index is 0.000310. The molecular weight excluding hydrogens is 372 g/mol. The lowest BCUT2D eigenvalue weighted by molar-refractivity contribution is -0.140. The van der Waals surface area contributed by atoms with Gasteiger partial charge >= 0.3 is 0 Å². The Hall–Kier alpha value is -1.39. The van der Waals surface area contributed by atoms with Crippen LogP contribution in [-0.2, 0) is 14.9 Å². The molecule has 3 N–H and O–H groups in total. The van der Waals surface area contributed by atoms with Crippen molar-refractivity contribution in [3.8, 4) is 0 Å². The number of carbonyl (C=O) groups excluding carboxylic acids is 1. The van der Waals surface area contributed by atoms with Crippen LogP contribution >= 0.6 is 0 Å². The number of nitrogens with two attached hydrogens (primary N) is 1. The van der Waals surface area contributed by atoms with E-state index in [0.29, 0.717) is 23.8 Å². The molecule has 5 saturated carbocycles. The number of rotatable bonds is 7. The van der Waals surface area contributed by atoms with Crippen LogP contribution in [0.2, 0.25) is 0 Å². The number of hydrogen-bond donors (Lipinski definition) is 2. The number of amides is 1. The van der Waals surface area contributed by atoms with E-state index in [2.05, 4.69) is 42.6 Å². The maximum absolute atomic E-state index is 14.0. The Balaban J connectivity index is 1.43. The number of hydrogen-bond acceptors (Lipinski definition) is 3. The SMILES string of the molecule is CCOC[C@]12CC3CC1(C(=O)NC1CCC(CN)CC1)C[C@@](c1ccccc1)(C3)C2. The predicted molar refractivity (Wildman–Crippen MR) is 119 cm³/mol. The van der Waals surface area contributed by atoms with Gasteiger partial charge in [-0.15, -0.1) is 0 Å². The molecular formula is C26H38N2O2. The molecule has 4 bridgehead atoms. The van der Waals surface area contributed by atoms with Gasteiger partial charge in [0.25, 0.3) is 0 Å². The molecule has 1 amide bonds. The standard InChI is InChI=1S/C26H38N2O2/c1-2-30-18-25-13-20-12-24(16-25,21-6-4-3-5-7-21)17-26(25,14-20)23(29)28-22-10-8-19(15-27)9-11-22/h3-7,19-20,22H,2,8-18,27H2,1H3,(H,28,29)/t19?,20?,22?,24-,25-,26?/m1/s1. The highest BCUT2D eigenvalue weighted by molar-refractivity contribution is 5.86. The lowest BCUT2D eigenvalue weighted by atomic mass is 9.63. The molecule has 6 rings (SSSR count). The molecule has 5 aliphatic carbocycles. The minimum atomic E-state index is -0.258. The van der Waals surface area contributed by atoms with Crippen LogP contribution in [0.25, 0.3) is 0 Å². The van der Waals surface area contributed by atoms with Crippen LogP contribution in [0, 0.1) is 22.7 Å². The van der Waals surface area contributed by atoms with Crippen molar-refractivity contribution in [2.75, 3.05) is 19.8 Å². The molecule has 30 heavy (non-hydrogen) atoms. The summed E-state index contributed by atoms with van der Waals surface area (Å²) in [5.74, 6) is 1.62. The summed E-state index contributed by atoms with van der Waals surface area (Å²) in [6.45, 7) is 4.32. The van der Waals surface area contributed by atoms with Crippen molar-refractivity contribution in [1.29, 1.82) is 0 Å². The Kier molecular flexibility index (Phi) is 5.22. The molecule has 5 aliphatic rings. The van der Waals surface area contributed by atoms with E-state index in [1.54, 1.807) is 0 Å². The number of ether oxygens (including phenoxy) is 1. The van der Waals surface area contributed by atoms with Gasteiger partial charge in [-0.2, -0.15) is 0 Å². The molecule has 0 heterocycles. The van der Waals surface area contributed by atoms with E-state index in [1.165, 1.54) is 12.0 Å². The summed E-state index contributed by atoms with van der Waals surface area (Å²) in [6, 6.07) is 11.3. The van der Waals surface area contributed by atoms with E-state index in [9.17, 15) is 4.79 Å². The van der Waals surface area contributed by atoms with Crippen LogP contribution in [0.15, 0.2) is 30.3 Å². The average molecular weight is 411 g/mol. The first kappa shape index (κ1) is 20.5. The van der Waals surface area contributed by atoms with Gasteiger partial charge in [0, 0.05) is 18.1 Å². The fourth-order valence-corrected chi connectivity index (χ4v) is 8.10. The van der Waals surface area contributed by atoms with Gasteiger partial charge < -0.3 is 15.8 Å². The Morgan fingerprint density at radius 1 is 1.10 bits per heavy atom. The Labute approximate surface area is 181 Å². The van der Waals surface area contributed by atoms with Crippen molar-refractivity contribution in [2.24, 2.45) is 28.4 Å². The first-order valence-corrected chi connectivity index (χ1v) is 12.2. The smallest absolute Gasteiger partial charge is 0.227 e. The van der Waals surface area contributed by atoms with Crippen molar-refractivity contribution in [2.45, 2.75) is 76.2 Å². The van der Waals surface area contributed by atoms with Crippen molar-refractivity contribution in [3.63, 3.8) is 0 Å². The quantitative estimate of drug-likeness (QED) is 0.709. The lowest BCUT2D eigenvalue weighted by Gasteiger charge is -2.41. The van der Waals surface area contributed by atoms with E-state index in [-0.39, 0.29) is 16.2 Å². The molecule has 0 radical (unpaired) electrons. The molecule has 0 spiro atoms. The summed E-state index contributed by atoms with van der Waals surface area (Å²) in [7, 11) is 0. The van der Waals surface area contributed by atoms with Crippen LogP contribution in [0.4, 0.5) is 0 Å². The Morgan fingerprint density at radius 2 is 1.87 bits per heavy atom. The Morgan fingerprint density at radius 3 is 2.57 bits per heavy atom. The Bertz CT molecular complexity index is 774. The number of carbonyl (C=O) groups is 1. The highest BCUT2D eigenvalue weighted by Gasteiger charge is 2.74. The zero-order valence-electron chi connectivity index (χ0n) is 18.5. The normalized spacial score (nSPS) is 41.9. The summed E-state index contributed by atoms with van der Waals surface area (Å²) in [5.41, 5.74) is 7.20. The van der Waals surface area contributed by atoms with Gasteiger partial charge in [0.2, 0.25) is 5.91 Å². The summed E-state index contributed by atoms with van der Waals surface area (Å²) in [4.78, 5) is 14.0. The van der Waals surface area contributed by atoms with Gasteiger partial charge in [-0.3, -0.25) is 4.79 Å². The van der Waals surface area contributed by atoms with E-state index in [1.807, 2.05) is 0 Å². The first-order valence-electron chi connectivity index (χ1n) is 12.2. The fourth-order valence-electron chi connectivity index (χ4n) is 8.10. The van der Waals surface area contributed by atoms with Crippen LogP contribution in [0.5, 0.6) is 0 Å². The van der Waals surface area contributed by atoms with Gasteiger partial charge in [-0.05, 0) is 94.1 Å². The summed E-state index contributed by atoms with van der Waals surface area (Å²) in [5, 5.41) is 3.54. The third kappa shape index (κ3) is 3.05. The third-order valence-corrected chi connectivity index (χ3v) is 9.25. The van der Waals surface area contributed by atoms with Crippen LogP contribution < -0.4 is 11.1 Å². The fraction of sp³-hybridized carbons (Fsp3) is 0.731. The van der Waals surface area contributed by atoms with E-state index in [0.717, 1.165) is 71.1 Å². The van der Waals surface area contributed by atoms with Crippen molar-refractivity contribution >= 4 is 5.91 Å². The lowest BCUT2D eigenvalue weighted by Crippen LogP contribution is -2.52. The van der Waals surface area contributed by atoms with Crippen molar-refractivity contribution in [1.82, 2.24) is 5.32 Å². The highest BCUT2D eigenvalue weighted by atomic mass is 16.5. The minimum Gasteiger partial charge on any atom is -0.381 e. The van der Waals surface area contributed by atoms with Crippen molar-refractivity contribution in [3.05, 3.63) is 35.9 Å². The molecule has 5 fully saturated rings. The maximum Gasteiger partial charge on any atom is 0.227 e. The van der Waals surface area contributed by atoms with Gasteiger partial charge in [0.1, 0.15) is 0 Å². The second-order valence-electron chi connectivity index (χ2n) is 10.9. The van der Waals surface area contributed by atoms with E-state index < -0.39 is 0 Å². The number of nitrogens with one attached hydrogen (secondary N) is 1. The topological polar surface area (TPSA) is 64.3 Å². The number of benzene rings is 1. The van der Waals surface area contributed by atoms with E-state index in [4.69, 9.17) is 10.5 Å². The molecule has 4 nitrogen and oxygen atoms in total. The molecule has 4 heteroatoms.